The van der Waals surface area contributed by atoms with Crippen molar-refractivity contribution in [2.75, 3.05) is 26.3 Å². The molecule has 0 unspecified atom stereocenters. The Labute approximate surface area is 118 Å². The predicted molar refractivity (Wildman–Crippen MR) is 70.4 cm³/mol. The molecule has 1 aromatic rings. The highest BCUT2D eigenvalue weighted by atomic mass is 79.9. The molecule has 0 spiro atoms. The number of nitrogens with zero attached hydrogens (tertiary/aromatic N) is 2. The van der Waals surface area contributed by atoms with Crippen molar-refractivity contribution in [1.29, 1.82) is 0 Å². The van der Waals surface area contributed by atoms with Gasteiger partial charge in [-0.2, -0.15) is 4.31 Å². The van der Waals surface area contributed by atoms with Gasteiger partial charge >= 0.3 is 0 Å². The third kappa shape index (κ3) is 2.94. The van der Waals surface area contributed by atoms with Gasteiger partial charge in [0.25, 0.3) is 5.69 Å². The molecule has 0 N–H and O–H groups in total. The zero-order valence-corrected chi connectivity index (χ0v) is 12.2. The van der Waals surface area contributed by atoms with Crippen LogP contribution in [0.2, 0.25) is 0 Å². The lowest BCUT2D eigenvalue weighted by Crippen LogP contribution is -2.40. The van der Waals surface area contributed by atoms with Crippen LogP contribution in [0.5, 0.6) is 0 Å². The Bertz CT molecular complexity index is 598. The number of hydrogen-bond acceptors (Lipinski definition) is 5. The average Bonchev–Trinajstić information content (AvgIpc) is 2.39. The average molecular weight is 351 g/mol. The number of nitro benzene ring substituents is 1. The van der Waals surface area contributed by atoms with E-state index in [-0.39, 0.29) is 18.0 Å². The molecule has 0 radical (unpaired) electrons. The monoisotopic (exact) mass is 350 g/mol. The second-order valence-electron chi connectivity index (χ2n) is 3.89. The fraction of sp³-hybridized carbons (Fsp3) is 0.400. The maximum absolute atomic E-state index is 12.4. The first-order chi connectivity index (χ1) is 8.93. The van der Waals surface area contributed by atoms with Gasteiger partial charge in [0.15, 0.2) is 4.90 Å². The smallest absolute Gasteiger partial charge is 0.289 e. The van der Waals surface area contributed by atoms with Gasteiger partial charge < -0.3 is 4.74 Å². The van der Waals surface area contributed by atoms with E-state index in [2.05, 4.69) is 15.9 Å². The quantitative estimate of drug-likeness (QED) is 0.606. The van der Waals surface area contributed by atoms with Gasteiger partial charge in [-0.25, -0.2) is 8.42 Å². The highest BCUT2D eigenvalue weighted by molar-refractivity contribution is 9.10. The maximum Gasteiger partial charge on any atom is 0.289 e. The van der Waals surface area contributed by atoms with Crippen LogP contribution in [-0.4, -0.2) is 43.9 Å². The van der Waals surface area contributed by atoms with Crippen molar-refractivity contribution >= 4 is 31.6 Å². The second-order valence-corrected chi connectivity index (χ2v) is 6.71. The van der Waals surface area contributed by atoms with Gasteiger partial charge in [0.05, 0.1) is 18.1 Å². The van der Waals surface area contributed by atoms with Crippen LogP contribution in [0.15, 0.2) is 27.6 Å². The third-order valence-electron chi connectivity index (χ3n) is 2.71. The van der Waals surface area contributed by atoms with Crippen LogP contribution >= 0.6 is 15.9 Å². The van der Waals surface area contributed by atoms with Crippen LogP contribution < -0.4 is 0 Å². The molecule has 0 saturated carbocycles. The van der Waals surface area contributed by atoms with E-state index >= 15 is 0 Å². The molecule has 0 atom stereocenters. The molecule has 1 saturated heterocycles. The summed E-state index contributed by atoms with van der Waals surface area (Å²) in [5.41, 5.74) is -0.422. The third-order valence-corrected chi connectivity index (χ3v) is 5.13. The minimum absolute atomic E-state index is 0.200. The first-order valence-electron chi connectivity index (χ1n) is 5.45. The molecule has 0 aliphatic carbocycles. The van der Waals surface area contributed by atoms with Crippen LogP contribution in [0.4, 0.5) is 5.69 Å². The number of hydrogen-bond donors (Lipinski definition) is 0. The lowest BCUT2D eigenvalue weighted by Gasteiger charge is -2.25. The van der Waals surface area contributed by atoms with Crippen LogP contribution in [0, 0.1) is 10.1 Å². The summed E-state index contributed by atoms with van der Waals surface area (Å²) in [5.74, 6) is 0. The number of morpholine rings is 1. The summed E-state index contributed by atoms with van der Waals surface area (Å²) in [6.07, 6.45) is 0. The molecule has 7 nitrogen and oxygen atoms in total. The summed E-state index contributed by atoms with van der Waals surface area (Å²) in [6, 6.07) is 3.87. The molecule has 9 heteroatoms. The SMILES string of the molecule is O=[N+]([O-])c1ccc(Br)cc1S(=O)(=O)N1CCOCC1. The van der Waals surface area contributed by atoms with Gasteiger partial charge in [-0.15, -0.1) is 0 Å². The minimum Gasteiger partial charge on any atom is -0.379 e. The first kappa shape index (κ1) is 14.4. The maximum atomic E-state index is 12.4. The number of ether oxygens (including phenoxy) is 1. The van der Waals surface area contributed by atoms with Gasteiger partial charge in [-0.05, 0) is 12.1 Å². The number of sulfonamides is 1. The lowest BCUT2D eigenvalue weighted by atomic mass is 10.3. The molecular weight excluding hydrogens is 340 g/mol. The number of benzene rings is 1. The Morgan fingerprint density at radius 1 is 1.32 bits per heavy atom. The van der Waals surface area contributed by atoms with Crippen LogP contribution in [0.25, 0.3) is 0 Å². The van der Waals surface area contributed by atoms with E-state index in [1.807, 2.05) is 0 Å². The summed E-state index contributed by atoms with van der Waals surface area (Å²) in [6.45, 7) is 0.986. The van der Waals surface area contributed by atoms with Gasteiger partial charge in [0.2, 0.25) is 10.0 Å². The molecule has 1 aromatic carbocycles. The molecule has 2 rings (SSSR count). The second kappa shape index (κ2) is 5.53. The normalized spacial score (nSPS) is 17.3. The van der Waals surface area contributed by atoms with E-state index in [0.29, 0.717) is 17.7 Å². The van der Waals surface area contributed by atoms with E-state index in [0.717, 1.165) is 0 Å². The Kier molecular flexibility index (Phi) is 4.19. The molecular formula is C10H11BrN2O5S. The lowest BCUT2D eigenvalue weighted by molar-refractivity contribution is -0.387. The summed E-state index contributed by atoms with van der Waals surface area (Å²) in [7, 11) is -3.88. The van der Waals surface area contributed by atoms with Crippen molar-refractivity contribution in [3.8, 4) is 0 Å². The summed E-state index contributed by atoms with van der Waals surface area (Å²) in [4.78, 5) is 9.95. The zero-order valence-electron chi connectivity index (χ0n) is 9.78. The van der Waals surface area contributed by atoms with E-state index in [9.17, 15) is 18.5 Å². The highest BCUT2D eigenvalue weighted by Gasteiger charge is 2.32. The van der Waals surface area contributed by atoms with Crippen molar-refractivity contribution < 1.29 is 18.1 Å². The van der Waals surface area contributed by atoms with Crippen LogP contribution in [0.1, 0.15) is 0 Å². The van der Waals surface area contributed by atoms with Crippen molar-refractivity contribution in [3.63, 3.8) is 0 Å². The van der Waals surface area contributed by atoms with Gasteiger partial charge in [0, 0.05) is 23.6 Å². The molecule has 0 amide bonds. The van der Waals surface area contributed by atoms with E-state index in [1.54, 1.807) is 0 Å². The summed E-state index contributed by atoms with van der Waals surface area (Å²) in [5, 5.41) is 10.9. The van der Waals surface area contributed by atoms with Crippen molar-refractivity contribution in [2.45, 2.75) is 4.90 Å². The Hall–Kier alpha value is -1.03. The predicted octanol–water partition coefficient (Wildman–Crippen LogP) is 1.38. The number of nitro groups is 1. The number of rotatable bonds is 3. The molecule has 19 heavy (non-hydrogen) atoms. The van der Waals surface area contributed by atoms with E-state index in [1.165, 1.54) is 22.5 Å². The van der Waals surface area contributed by atoms with Gasteiger partial charge in [0.1, 0.15) is 0 Å². The molecule has 104 valence electrons. The van der Waals surface area contributed by atoms with Crippen molar-refractivity contribution in [1.82, 2.24) is 4.31 Å². The molecule has 0 aromatic heterocycles. The fourth-order valence-corrected chi connectivity index (χ4v) is 3.87. The fourth-order valence-electron chi connectivity index (χ4n) is 1.77. The van der Waals surface area contributed by atoms with Crippen molar-refractivity contribution in [2.24, 2.45) is 0 Å². The Morgan fingerprint density at radius 3 is 2.53 bits per heavy atom. The van der Waals surface area contributed by atoms with Crippen molar-refractivity contribution in [3.05, 3.63) is 32.8 Å². The summed E-state index contributed by atoms with van der Waals surface area (Å²) >= 11 is 3.13. The molecule has 1 aliphatic rings. The molecule has 1 fully saturated rings. The largest absolute Gasteiger partial charge is 0.379 e. The molecule has 0 bridgehead atoms. The minimum atomic E-state index is -3.88. The summed E-state index contributed by atoms with van der Waals surface area (Å²) < 4.78 is 31.6. The zero-order chi connectivity index (χ0) is 14.0. The van der Waals surface area contributed by atoms with Gasteiger partial charge in [-0.1, -0.05) is 15.9 Å². The number of halogens is 1. The van der Waals surface area contributed by atoms with E-state index < -0.39 is 20.6 Å². The van der Waals surface area contributed by atoms with E-state index in [4.69, 9.17) is 4.74 Å². The van der Waals surface area contributed by atoms with Gasteiger partial charge in [-0.3, -0.25) is 10.1 Å². The van der Waals surface area contributed by atoms with Crippen LogP contribution in [0.3, 0.4) is 0 Å². The molecule has 1 heterocycles. The Morgan fingerprint density at radius 2 is 1.95 bits per heavy atom. The highest BCUT2D eigenvalue weighted by Crippen LogP contribution is 2.29. The molecule has 1 aliphatic heterocycles. The topological polar surface area (TPSA) is 89.8 Å². The standard InChI is InChI=1S/C10H11BrN2O5S/c11-8-1-2-9(13(14)15)10(7-8)19(16,17)12-3-5-18-6-4-12/h1-2,7H,3-6H2. The van der Waals surface area contributed by atoms with Crippen LogP contribution in [-0.2, 0) is 14.8 Å². The Balaban J connectivity index is 2.49. The first-order valence-corrected chi connectivity index (χ1v) is 7.68.